The third kappa shape index (κ3) is 3.59. The zero-order valence-electron chi connectivity index (χ0n) is 12.4. The molecule has 2 atom stereocenters. The summed E-state index contributed by atoms with van der Waals surface area (Å²) in [7, 11) is 0. The highest BCUT2D eigenvalue weighted by atomic mass is 32.1. The number of amides is 1. The molecule has 1 aliphatic heterocycles. The van der Waals surface area contributed by atoms with E-state index in [0.717, 1.165) is 39.0 Å². The van der Waals surface area contributed by atoms with E-state index in [0.29, 0.717) is 0 Å². The Morgan fingerprint density at radius 2 is 2.20 bits per heavy atom. The van der Waals surface area contributed by atoms with Gasteiger partial charge in [-0.05, 0) is 24.3 Å². The topological polar surface area (TPSA) is 49.6 Å². The summed E-state index contributed by atoms with van der Waals surface area (Å²) in [5.41, 5.74) is 6.37. The number of carbonyl (C=O) groups is 1. The highest BCUT2D eigenvalue weighted by molar-refractivity contribution is 7.10. The Kier molecular flexibility index (Phi) is 5.57. The van der Waals surface area contributed by atoms with Crippen LogP contribution in [-0.4, -0.2) is 47.9 Å². The van der Waals surface area contributed by atoms with Crippen molar-refractivity contribution in [3.05, 3.63) is 22.4 Å². The van der Waals surface area contributed by atoms with Crippen LogP contribution in [0.3, 0.4) is 0 Å². The molecule has 20 heavy (non-hydrogen) atoms. The van der Waals surface area contributed by atoms with Gasteiger partial charge in [-0.3, -0.25) is 9.69 Å². The van der Waals surface area contributed by atoms with Crippen molar-refractivity contribution in [1.82, 2.24) is 9.80 Å². The van der Waals surface area contributed by atoms with E-state index < -0.39 is 0 Å². The van der Waals surface area contributed by atoms with Gasteiger partial charge >= 0.3 is 0 Å². The van der Waals surface area contributed by atoms with Crippen molar-refractivity contribution in [2.24, 2.45) is 5.73 Å². The second-order valence-corrected chi connectivity index (χ2v) is 6.41. The summed E-state index contributed by atoms with van der Waals surface area (Å²) in [6.45, 7) is 7.41. The predicted octanol–water partition coefficient (Wildman–Crippen LogP) is 2.08. The molecule has 0 radical (unpaired) electrons. The molecule has 1 aromatic rings. The largest absolute Gasteiger partial charge is 0.342 e. The van der Waals surface area contributed by atoms with Gasteiger partial charge in [-0.1, -0.05) is 13.0 Å². The minimum Gasteiger partial charge on any atom is -0.342 e. The standard InChI is InChI=1S/C15H25N3OS/c1-3-13(16)15(14-6-4-11-20-14)18-8-5-7-17(9-10-18)12(2)19/h4,6,11,13,15H,3,5,7-10,16H2,1-2H3. The molecular formula is C15H25N3OS. The van der Waals surface area contributed by atoms with Crippen LogP contribution < -0.4 is 5.73 Å². The van der Waals surface area contributed by atoms with Crippen molar-refractivity contribution in [1.29, 1.82) is 0 Å². The van der Waals surface area contributed by atoms with E-state index in [1.807, 2.05) is 4.90 Å². The quantitative estimate of drug-likeness (QED) is 0.925. The molecule has 2 N–H and O–H groups in total. The van der Waals surface area contributed by atoms with Gasteiger partial charge in [0.25, 0.3) is 0 Å². The van der Waals surface area contributed by atoms with Gasteiger partial charge in [0.15, 0.2) is 0 Å². The average Bonchev–Trinajstić information content (AvgIpc) is 2.83. The van der Waals surface area contributed by atoms with Crippen LogP contribution in [0.4, 0.5) is 0 Å². The van der Waals surface area contributed by atoms with Gasteiger partial charge in [-0.2, -0.15) is 0 Å². The maximum Gasteiger partial charge on any atom is 0.219 e. The first-order valence-corrected chi connectivity index (χ1v) is 8.30. The summed E-state index contributed by atoms with van der Waals surface area (Å²) in [6.07, 6.45) is 1.99. The van der Waals surface area contributed by atoms with Crippen LogP contribution in [0.5, 0.6) is 0 Å². The summed E-state index contributed by atoms with van der Waals surface area (Å²) in [6, 6.07) is 4.71. The number of hydrogen-bond acceptors (Lipinski definition) is 4. The molecule has 2 unspecified atom stereocenters. The molecule has 2 heterocycles. The highest BCUT2D eigenvalue weighted by Gasteiger charge is 2.28. The molecule has 0 bridgehead atoms. The molecule has 4 nitrogen and oxygen atoms in total. The van der Waals surface area contributed by atoms with Crippen molar-refractivity contribution in [2.75, 3.05) is 26.2 Å². The fourth-order valence-electron chi connectivity index (χ4n) is 2.88. The summed E-state index contributed by atoms with van der Waals surface area (Å²) in [5.74, 6) is 0.180. The van der Waals surface area contributed by atoms with Gasteiger partial charge in [0, 0.05) is 44.0 Å². The van der Waals surface area contributed by atoms with E-state index in [2.05, 4.69) is 29.3 Å². The zero-order chi connectivity index (χ0) is 14.5. The first-order chi connectivity index (χ1) is 9.63. The van der Waals surface area contributed by atoms with Gasteiger partial charge in [0.05, 0.1) is 6.04 Å². The lowest BCUT2D eigenvalue weighted by molar-refractivity contribution is -0.128. The Morgan fingerprint density at radius 3 is 2.80 bits per heavy atom. The van der Waals surface area contributed by atoms with Crippen molar-refractivity contribution >= 4 is 17.2 Å². The summed E-state index contributed by atoms with van der Waals surface area (Å²) in [4.78, 5) is 17.3. The zero-order valence-corrected chi connectivity index (χ0v) is 13.2. The van der Waals surface area contributed by atoms with Crippen LogP contribution in [0.15, 0.2) is 17.5 Å². The lowest BCUT2D eigenvalue weighted by atomic mass is 10.0. The predicted molar refractivity (Wildman–Crippen MR) is 83.8 cm³/mol. The van der Waals surface area contributed by atoms with E-state index in [4.69, 9.17) is 5.73 Å². The summed E-state index contributed by atoms with van der Waals surface area (Å²) < 4.78 is 0. The third-order valence-corrected chi connectivity index (χ3v) is 5.02. The van der Waals surface area contributed by atoms with Crippen LogP contribution in [0, 0.1) is 0 Å². The Morgan fingerprint density at radius 1 is 1.40 bits per heavy atom. The number of nitrogens with two attached hydrogens (primary N) is 1. The van der Waals surface area contributed by atoms with E-state index in [1.165, 1.54) is 4.88 Å². The molecule has 1 saturated heterocycles. The van der Waals surface area contributed by atoms with Crippen molar-refractivity contribution in [2.45, 2.75) is 38.8 Å². The fraction of sp³-hybridized carbons (Fsp3) is 0.667. The smallest absolute Gasteiger partial charge is 0.219 e. The second-order valence-electron chi connectivity index (χ2n) is 5.43. The molecule has 0 spiro atoms. The monoisotopic (exact) mass is 295 g/mol. The fourth-order valence-corrected chi connectivity index (χ4v) is 3.81. The lowest BCUT2D eigenvalue weighted by Gasteiger charge is -2.33. The van der Waals surface area contributed by atoms with Crippen molar-refractivity contribution < 1.29 is 4.79 Å². The first-order valence-electron chi connectivity index (χ1n) is 7.42. The van der Waals surface area contributed by atoms with Crippen LogP contribution in [-0.2, 0) is 4.79 Å². The number of hydrogen-bond donors (Lipinski definition) is 1. The number of thiophene rings is 1. The van der Waals surface area contributed by atoms with Crippen molar-refractivity contribution in [3.8, 4) is 0 Å². The third-order valence-electron chi connectivity index (χ3n) is 4.08. The minimum absolute atomic E-state index is 0.150. The minimum atomic E-state index is 0.150. The van der Waals surface area contributed by atoms with Crippen LogP contribution >= 0.6 is 11.3 Å². The number of nitrogens with zero attached hydrogens (tertiary/aromatic N) is 2. The molecular weight excluding hydrogens is 270 g/mol. The van der Waals surface area contributed by atoms with Gasteiger partial charge in [0.2, 0.25) is 5.91 Å². The maximum atomic E-state index is 11.5. The Bertz CT molecular complexity index is 421. The van der Waals surface area contributed by atoms with Crippen molar-refractivity contribution in [3.63, 3.8) is 0 Å². The molecule has 0 saturated carbocycles. The Hall–Kier alpha value is -0.910. The normalized spacial score (nSPS) is 20.4. The first kappa shape index (κ1) is 15.5. The molecule has 0 aromatic carbocycles. The lowest BCUT2D eigenvalue weighted by Crippen LogP contribution is -2.42. The molecule has 1 amide bonds. The van der Waals surface area contributed by atoms with E-state index >= 15 is 0 Å². The summed E-state index contributed by atoms with van der Waals surface area (Å²) in [5, 5.41) is 2.12. The maximum absolute atomic E-state index is 11.5. The van der Waals surface area contributed by atoms with Gasteiger partial charge < -0.3 is 10.6 Å². The Balaban J connectivity index is 2.11. The number of carbonyl (C=O) groups excluding carboxylic acids is 1. The molecule has 1 aromatic heterocycles. The average molecular weight is 295 g/mol. The van der Waals surface area contributed by atoms with Crippen LogP contribution in [0.1, 0.15) is 37.6 Å². The van der Waals surface area contributed by atoms with Gasteiger partial charge in [-0.25, -0.2) is 0 Å². The van der Waals surface area contributed by atoms with E-state index in [1.54, 1.807) is 18.3 Å². The van der Waals surface area contributed by atoms with Gasteiger partial charge in [0.1, 0.15) is 0 Å². The molecule has 112 valence electrons. The van der Waals surface area contributed by atoms with Gasteiger partial charge in [-0.15, -0.1) is 11.3 Å². The molecule has 1 fully saturated rings. The van der Waals surface area contributed by atoms with Crippen LogP contribution in [0.25, 0.3) is 0 Å². The highest BCUT2D eigenvalue weighted by Crippen LogP contribution is 2.29. The molecule has 1 aliphatic rings. The Labute approximate surface area is 125 Å². The van der Waals surface area contributed by atoms with Crippen LogP contribution in [0.2, 0.25) is 0 Å². The molecule has 5 heteroatoms. The van der Waals surface area contributed by atoms with E-state index in [9.17, 15) is 4.79 Å². The molecule has 2 rings (SSSR count). The number of rotatable bonds is 4. The van der Waals surface area contributed by atoms with E-state index in [-0.39, 0.29) is 18.0 Å². The SMILES string of the molecule is CCC(N)C(c1cccs1)N1CCCN(C(C)=O)CC1. The second kappa shape index (κ2) is 7.20. The summed E-state index contributed by atoms with van der Waals surface area (Å²) >= 11 is 1.78. The molecule has 0 aliphatic carbocycles.